The van der Waals surface area contributed by atoms with Crippen LogP contribution in [0.1, 0.15) is 11.1 Å². The van der Waals surface area contributed by atoms with Gasteiger partial charge in [-0.1, -0.05) is 18.2 Å². The molecule has 1 atom stereocenters. The molecule has 10 heteroatoms. The Hall–Kier alpha value is -3.50. The van der Waals surface area contributed by atoms with E-state index in [-0.39, 0.29) is 18.7 Å². The minimum atomic E-state index is -1.77. The lowest BCUT2D eigenvalue weighted by Crippen LogP contribution is -2.38. The number of carbonyl (C=O) groups is 1. The summed E-state index contributed by atoms with van der Waals surface area (Å²) in [6.45, 7) is 1.00. The number of carboxylic acid groups (broad SMARTS) is 1. The number of aromatic nitrogens is 2. The fraction of sp³-hybridized carbons (Fsp3) is 0.273. The highest BCUT2D eigenvalue weighted by atomic mass is 19.1. The second-order valence-corrected chi connectivity index (χ2v) is 7.23. The molecule has 3 rings (SSSR count). The van der Waals surface area contributed by atoms with E-state index in [0.29, 0.717) is 25.4 Å². The molecular weight excluding hydrogens is 422 g/mol. The van der Waals surface area contributed by atoms with E-state index in [0.717, 1.165) is 17.7 Å². The number of hydrogen-bond donors (Lipinski definition) is 4. The lowest BCUT2D eigenvalue weighted by atomic mass is 9.93. The second-order valence-electron chi connectivity index (χ2n) is 7.23. The summed E-state index contributed by atoms with van der Waals surface area (Å²) >= 11 is 0. The molecule has 1 unspecified atom stereocenters. The fourth-order valence-corrected chi connectivity index (χ4v) is 3.15. The SMILES string of the molecule is O=C(O)NCCNCc1ccc(OCC(O)(Cn2ccnc2)c2ccc(F)cc2F)cc1. The molecule has 0 saturated carbocycles. The molecule has 0 aliphatic heterocycles. The molecule has 0 bridgehead atoms. The molecule has 8 nitrogen and oxygen atoms in total. The molecule has 0 spiro atoms. The van der Waals surface area contributed by atoms with Crippen LogP contribution in [0.5, 0.6) is 5.75 Å². The van der Waals surface area contributed by atoms with E-state index >= 15 is 0 Å². The third kappa shape index (κ3) is 6.50. The van der Waals surface area contributed by atoms with Crippen LogP contribution >= 0.6 is 0 Å². The van der Waals surface area contributed by atoms with Crippen LogP contribution in [0, 0.1) is 11.6 Å². The summed E-state index contributed by atoms with van der Waals surface area (Å²) in [6, 6.07) is 10.1. The minimum Gasteiger partial charge on any atom is -0.490 e. The summed E-state index contributed by atoms with van der Waals surface area (Å²) in [6.07, 6.45) is 3.58. The highest BCUT2D eigenvalue weighted by molar-refractivity contribution is 5.64. The molecule has 1 aromatic heterocycles. The number of hydrogen-bond acceptors (Lipinski definition) is 5. The molecule has 1 heterocycles. The normalized spacial score (nSPS) is 12.8. The van der Waals surface area contributed by atoms with Crippen LogP contribution in [0.4, 0.5) is 13.6 Å². The van der Waals surface area contributed by atoms with Gasteiger partial charge in [-0.15, -0.1) is 0 Å². The van der Waals surface area contributed by atoms with Crippen molar-refractivity contribution in [3.05, 3.63) is 83.9 Å². The lowest BCUT2D eigenvalue weighted by Gasteiger charge is -2.29. The van der Waals surface area contributed by atoms with Gasteiger partial charge in [0.2, 0.25) is 0 Å². The first-order valence-corrected chi connectivity index (χ1v) is 9.89. The van der Waals surface area contributed by atoms with Gasteiger partial charge in [0, 0.05) is 43.7 Å². The first kappa shape index (κ1) is 23.2. The van der Waals surface area contributed by atoms with Gasteiger partial charge in [-0.05, 0) is 23.8 Å². The Bertz CT molecular complexity index is 1020. The second kappa shape index (κ2) is 10.7. The van der Waals surface area contributed by atoms with Gasteiger partial charge in [0.05, 0.1) is 12.9 Å². The van der Waals surface area contributed by atoms with E-state index in [1.54, 1.807) is 22.9 Å². The third-order valence-corrected chi connectivity index (χ3v) is 4.74. The molecule has 0 aliphatic rings. The van der Waals surface area contributed by atoms with Crippen molar-refractivity contribution < 1.29 is 28.5 Å². The Kier molecular flexibility index (Phi) is 7.74. The zero-order valence-electron chi connectivity index (χ0n) is 17.2. The van der Waals surface area contributed by atoms with Crippen molar-refractivity contribution in [2.24, 2.45) is 0 Å². The summed E-state index contributed by atoms with van der Waals surface area (Å²) in [5.41, 5.74) is -0.898. The van der Waals surface area contributed by atoms with E-state index in [1.165, 1.54) is 18.6 Å². The van der Waals surface area contributed by atoms with E-state index in [1.807, 2.05) is 12.1 Å². The summed E-state index contributed by atoms with van der Waals surface area (Å²) < 4.78 is 35.1. The van der Waals surface area contributed by atoms with E-state index in [9.17, 15) is 18.7 Å². The van der Waals surface area contributed by atoms with Gasteiger partial charge in [-0.25, -0.2) is 18.6 Å². The zero-order chi connectivity index (χ0) is 23.0. The van der Waals surface area contributed by atoms with Gasteiger partial charge in [0.25, 0.3) is 0 Å². The predicted molar refractivity (Wildman–Crippen MR) is 112 cm³/mol. The Morgan fingerprint density at radius 3 is 2.59 bits per heavy atom. The largest absolute Gasteiger partial charge is 0.490 e. The smallest absolute Gasteiger partial charge is 0.404 e. The maximum atomic E-state index is 14.4. The Balaban J connectivity index is 1.63. The predicted octanol–water partition coefficient (Wildman–Crippen LogP) is 2.49. The van der Waals surface area contributed by atoms with Gasteiger partial charge < -0.3 is 30.2 Å². The standard InChI is InChI=1S/C22H24F2N4O4/c23-17-3-6-19(20(24)11-17)22(31,13-28-10-9-26-15-28)14-32-18-4-1-16(2-5-18)12-25-7-8-27-21(29)30/h1-6,9-11,15,25,27,31H,7-8,12-14H2,(H,29,30). The van der Waals surface area contributed by atoms with Gasteiger partial charge >= 0.3 is 6.09 Å². The number of imidazole rings is 1. The number of nitrogens with one attached hydrogen (secondary N) is 2. The van der Waals surface area contributed by atoms with Crippen LogP contribution in [0.3, 0.4) is 0 Å². The average molecular weight is 446 g/mol. The van der Waals surface area contributed by atoms with Crippen LogP contribution in [-0.4, -0.2) is 45.6 Å². The van der Waals surface area contributed by atoms with Crippen LogP contribution in [0.2, 0.25) is 0 Å². The zero-order valence-corrected chi connectivity index (χ0v) is 17.2. The Morgan fingerprint density at radius 2 is 1.94 bits per heavy atom. The topological polar surface area (TPSA) is 109 Å². The van der Waals surface area contributed by atoms with Crippen LogP contribution in [-0.2, 0) is 18.7 Å². The van der Waals surface area contributed by atoms with Crippen molar-refractivity contribution >= 4 is 6.09 Å². The molecule has 4 N–H and O–H groups in total. The highest BCUT2D eigenvalue weighted by Crippen LogP contribution is 2.28. The fourth-order valence-electron chi connectivity index (χ4n) is 3.15. The van der Waals surface area contributed by atoms with Crippen molar-refractivity contribution in [3.63, 3.8) is 0 Å². The molecule has 32 heavy (non-hydrogen) atoms. The number of halogens is 2. The average Bonchev–Trinajstić information content (AvgIpc) is 3.25. The number of amides is 1. The van der Waals surface area contributed by atoms with Crippen molar-refractivity contribution in [1.29, 1.82) is 0 Å². The molecule has 1 amide bonds. The number of ether oxygens (including phenoxy) is 1. The van der Waals surface area contributed by atoms with Gasteiger partial charge in [-0.2, -0.15) is 0 Å². The molecule has 0 aliphatic carbocycles. The van der Waals surface area contributed by atoms with Gasteiger partial charge in [0.1, 0.15) is 29.6 Å². The van der Waals surface area contributed by atoms with Crippen molar-refractivity contribution in [3.8, 4) is 5.75 Å². The molecular formula is C22H24F2N4O4. The van der Waals surface area contributed by atoms with Crippen LogP contribution in [0.25, 0.3) is 0 Å². The van der Waals surface area contributed by atoms with Crippen molar-refractivity contribution in [2.45, 2.75) is 18.7 Å². The highest BCUT2D eigenvalue weighted by Gasteiger charge is 2.34. The van der Waals surface area contributed by atoms with E-state index < -0.39 is 23.3 Å². The summed E-state index contributed by atoms with van der Waals surface area (Å²) in [5, 5.41) is 25.1. The van der Waals surface area contributed by atoms with Gasteiger partial charge in [0.15, 0.2) is 0 Å². The monoisotopic (exact) mass is 446 g/mol. The molecule has 2 aromatic carbocycles. The van der Waals surface area contributed by atoms with Crippen molar-refractivity contribution in [2.75, 3.05) is 19.7 Å². The minimum absolute atomic E-state index is 0.0397. The van der Waals surface area contributed by atoms with Crippen LogP contribution < -0.4 is 15.4 Å². The molecule has 170 valence electrons. The molecule has 0 radical (unpaired) electrons. The maximum Gasteiger partial charge on any atom is 0.404 e. The van der Waals surface area contributed by atoms with Crippen molar-refractivity contribution in [1.82, 2.24) is 20.2 Å². The summed E-state index contributed by atoms with van der Waals surface area (Å²) in [5.74, 6) is -1.14. The number of nitrogens with zero attached hydrogens (tertiary/aromatic N) is 2. The molecule has 3 aromatic rings. The van der Waals surface area contributed by atoms with Crippen LogP contribution in [0.15, 0.2) is 61.2 Å². The number of rotatable bonds is 11. The first-order valence-electron chi connectivity index (χ1n) is 9.89. The summed E-state index contributed by atoms with van der Waals surface area (Å²) in [4.78, 5) is 14.3. The Morgan fingerprint density at radius 1 is 1.16 bits per heavy atom. The number of aliphatic hydroxyl groups is 1. The molecule has 0 fully saturated rings. The first-order chi connectivity index (χ1) is 15.4. The molecule has 0 saturated heterocycles. The maximum absolute atomic E-state index is 14.4. The van der Waals surface area contributed by atoms with E-state index in [4.69, 9.17) is 9.84 Å². The third-order valence-electron chi connectivity index (χ3n) is 4.74. The van der Waals surface area contributed by atoms with Gasteiger partial charge in [-0.3, -0.25) is 0 Å². The lowest BCUT2D eigenvalue weighted by molar-refractivity contribution is -0.0271. The Labute approximate surface area is 183 Å². The number of benzene rings is 2. The quantitative estimate of drug-likeness (QED) is 0.337. The summed E-state index contributed by atoms with van der Waals surface area (Å²) in [7, 11) is 0. The van der Waals surface area contributed by atoms with E-state index in [2.05, 4.69) is 15.6 Å².